The zero-order chi connectivity index (χ0) is 11.3. The molecule has 0 atom stereocenters. The monoisotopic (exact) mass is 232 g/mol. The summed E-state index contributed by atoms with van der Waals surface area (Å²) >= 11 is 0. The van der Waals surface area contributed by atoms with Gasteiger partial charge in [-0.25, -0.2) is 8.42 Å². The second-order valence-corrected chi connectivity index (χ2v) is 6.97. The Hall–Kier alpha value is -0.620. The van der Waals surface area contributed by atoms with E-state index in [0.29, 0.717) is 19.0 Å². The van der Waals surface area contributed by atoms with E-state index in [1.54, 1.807) is 4.90 Å². The summed E-state index contributed by atoms with van der Waals surface area (Å²) in [6.45, 7) is 1.04. The van der Waals surface area contributed by atoms with Crippen molar-refractivity contribution in [2.24, 2.45) is 11.7 Å². The number of hydrogen-bond acceptors (Lipinski definition) is 4. The molecule has 2 aliphatic rings. The summed E-state index contributed by atoms with van der Waals surface area (Å²) in [7, 11) is -3.22. The molecule has 86 valence electrons. The van der Waals surface area contributed by atoms with Crippen LogP contribution in [0, 0.1) is 5.92 Å². The Bertz CT molecular complexity index is 380. The first-order chi connectivity index (χ1) is 6.80. The van der Waals surface area contributed by atoms with Crippen LogP contribution in [0.4, 0.5) is 0 Å². The van der Waals surface area contributed by atoms with E-state index in [4.69, 9.17) is 5.73 Å². The normalized spacial score (nSPS) is 24.8. The first kappa shape index (κ1) is 10.9. The lowest BCUT2D eigenvalue weighted by molar-refractivity contribution is -0.136. The van der Waals surface area contributed by atoms with E-state index in [2.05, 4.69) is 0 Å². The number of likely N-dealkylation sites (tertiary alicyclic amines) is 1. The Morgan fingerprint density at radius 2 is 2.00 bits per heavy atom. The van der Waals surface area contributed by atoms with Gasteiger partial charge in [0.1, 0.15) is 5.75 Å². The highest BCUT2D eigenvalue weighted by Gasteiger charge is 2.51. The van der Waals surface area contributed by atoms with Crippen molar-refractivity contribution >= 4 is 15.7 Å². The summed E-state index contributed by atoms with van der Waals surface area (Å²) in [5.41, 5.74) is 5.83. The third-order valence-electron chi connectivity index (χ3n) is 3.10. The van der Waals surface area contributed by atoms with Crippen molar-refractivity contribution in [1.29, 1.82) is 0 Å². The van der Waals surface area contributed by atoms with Crippen molar-refractivity contribution < 1.29 is 13.2 Å². The number of nitrogens with two attached hydrogens (primary N) is 1. The van der Waals surface area contributed by atoms with E-state index >= 15 is 0 Å². The standard InChI is InChI=1S/C9H16N2O3S/c1-15(13,14)4-8(12)11-5-9(10,6-11)7-2-3-7/h7H,2-6,10H2,1H3. The molecule has 2 rings (SSSR count). The predicted molar refractivity (Wildman–Crippen MR) is 55.9 cm³/mol. The minimum Gasteiger partial charge on any atom is -0.338 e. The second kappa shape index (κ2) is 3.18. The van der Waals surface area contributed by atoms with Gasteiger partial charge in [0.15, 0.2) is 9.84 Å². The third kappa shape index (κ3) is 2.31. The summed E-state index contributed by atoms with van der Waals surface area (Å²) < 4.78 is 21.8. The van der Waals surface area contributed by atoms with Crippen molar-refractivity contribution in [3.63, 3.8) is 0 Å². The maximum absolute atomic E-state index is 11.5. The number of sulfone groups is 1. The van der Waals surface area contributed by atoms with Crippen molar-refractivity contribution in [1.82, 2.24) is 4.90 Å². The lowest BCUT2D eigenvalue weighted by atomic mass is 9.86. The molecule has 2 fully saturated rings. The van der Waals surface area contributed by atoms with Crippen LogP contribution in [0.5, 0.6) is 0 Å². The smallest absolute Gasteiger partial charge is 0.237 e. The zero-order valence-electron chi connectivity index (χ0n) is 8.77. The van der Waals surface area contributed by atoms with Gasteiger partial charge in [0, 0.05) is 19.3 Å². The van der Waals surface area contributed by atoms with Crippen molar-refractivity contribution in [2.45, 2.75) is 18.4 Å². The van der Waals surface area contributed by atoms with Crippen molar-refractivity contribution in [3.05, 3.63) is 0 Å². The molecular formula is C9H16N2O3S. The fraction of sp³-hybridized carbons (Fsp3) is 0.889. The molecule has 15 heavy (non-hydrogen) atoms. The predicted octanol–water partition coefficient (Wildman–Crippen LogP) is -1.02. The highest BCUT2D eigenvalue weighted by atomic mass is 32.2. The van der Waals surface area contributed by atoms with Crippen molar-refractivity contribution in [3.8, 4) is 0 Å². The fourth-order valence-electron chi connectivity index (χ4n) is 2.07. The molecule has 1 amide bonds. The molecule has 1 saturated heterocycles. The van der Waals surface area contributed by atoms with Gasteiger partial charge in [-0.05, 0) is 18.8 Å². The van der Waals surface area contributed by atoms with E-state index in [9.17, 15) is 13.2 Å². The van der Waals surface area contributed by atoms with Crippen molar-refractivity contribution in [2.75, 3.05) is 25.1 Å². The van der Waals surface area contributed by atoms with Crippen LogP contribution in [-0.4, -0.2) is 49.9 Å². The fourth-order valence-corrected chi connectivity index (χ4v) is 2.70. The SMILES string of the molecule is CS(=O)(=O)CC(=O)N1CC(N)(C2CC2)C1. The molecular weight excluding hydrogens is 216 g/mol. The van der Waals surface area contributed by atoms with Crippen LogP contribution in [0.1, 0.15) is 12.8 Å². The van der Waals surface area contributed by atoms with Crippen LogP contribution in [0.2, 0.25) is 0 Å². The van der Waals surface area contributed by atoms with Crippen LogP contribution in [0.15, 0.2) is 0 Å². The Labute approximate surface area is 89.5 Å². The van der Waals surface area contributed by atoms with Gasteiger partial charge in [-0.3, -0.25) is 4.79 Å². The molecule has 5 nitrogen and oxygen atoms in total. The molecule has 0 radical (unpaired) electrons. The van der Waals surface area contributed by atoms with Gasteiger partial charge in [-0.2, -0.15) is 0 Å². The molecule has 0 unspecified atom stereocenters. The van der Waals surface area contributed by atoms with Crippen LogP contribution in [0.3, 0.4) is 0 Å². The average molecular weight is 232 g/mol. The quantitative estimate of drug-likeness (QED) is 0.675. The molecule has 1 saturated carbocycles. The number of hydrogen-bond donors (Lipinski definition) is 1. The molecule has 1 aliphatic carbocycles. The topological polar surface area (TPSA) is 80.5 Å². The first-order valence-corrected chi connectivity index (χ1v) is 7.11. The lowest BCUT2D eigenvalue weighted by Crippen LogP contribution is -2.70. The molecule has 2 N–H and O–H groups in total. The largest absolute Gasteiger partial charge is 0.338 e. The minimum atomic E-state index is -3.22. The van der Waals surface area contributed by atoms with Gasteiger partial charge in [-0.1, -0.05) is 0 Å². The van der Waals surface area contributed by atoms with E-state index in [1.165, 1.54) is 0 Å². The van der Waals surface area contributed by atoms with Gasteiger partial charge in [-0.15, -0.1) is 0 Å². The minimum absolute atomic E-state index is 0.229. The highest BCUT2D eigenvalue weighted by Crippen LogP contribution is 2.42. The van der Waals surface area contributed by atoms with E-state index in [0.717, 1.165) is 19.1 Å². The van der Waals surface area contributed by atoms with Crippen LogP contribution in [-0.2, 0) is 14.6 Å². The van der Waals surface area contributed by atoms with Crippen LogP contribution in [0.25, 0.3) is 0 Å². The lowest BCUT2D eigenvalue weighted by Gasteiger charge is -2.48. The molecule has 6 heteroatoms. The Morgan fingerprint density at radius 1 is 1.47 bits per heavy atom. The maximum Gasteiger partial charge on any atom is 0.237 e. The summed E-state index contributed by atoms with van der Waals surface area (Å²) in [5.74, 6) is -0.174. The van der Waals surface area contributed by atoms with E-state index in [-0.39, 0.29) is 11.4 Å². The summed E-state index contributed by atoms with van der Waals surface area (Å²) in [4.78, 5) is 13.0. The van der Waals surface area contributed by atoms with Crippen LogP contribution >= 0.6 is 0 Å². The number of nitrogens with zero attached hydrogens (tertiary/aromatic N) is 1. The maximum atomic E-state index is 11.5. The number of carbonyl (C=O) groups is 1. The van der Waals surface area contributed by atoms with Crippen LogP contribution < -0.4 is 5.73 Å². The Kier molecular flexibility index (Phi) is 2.31. The molecule has 0 bridgehead atoms. The summed E-state index contributed by atoms with van der Waals surface area (Å²) in [6, 6.07) is 0. The Balaban J connectivity index is 1.86. The van der Waals surface area contributed by atoms with Gasteiger partial charge in [0.2, 0.25) is 5.91 Å². The molecule has 0 spiro atoms. The molecule has 0 aromatic rings. The third-order valence-corrected chi connectivity index (χ3v) is 3.87. The van der Waals surface area contributed by atoms with Gasteiger partial charge >= 0.3 is 0 Å². The van der Waals surface area contributed by atoms with Gasteiger partial charge < -0.3 is 10.6 Å². The number of rotatable bonds is 3. The highest BCUT2D eigenvalue weighted by molar-refractivity contribution is 7.91. The zero-order valence-corrected chi connectivity index (χ0v) is 9.59. The number of amides is 1. The molecule has 1 heterocycles. The molecule has 0 aromatic carbocycles. The van der Waals surface area contributed by atoms with E-state index < -0.39 is 15.6 Å². The Morgan fingerprint density at radius 3 is 2.40 bits per heavy atom. The van der Waals surface area contributed by atoms with Gasteiger partial charge in [0.25, 0.3) is 0 Å². The first-order valence-electron chi connectivity index (χ1n) is 5.04. The molecule has 1 aliphatic heterocycles. The average Bonchev–Trinajstić information content (AvgIpc) is 2.76. The van der Waals surface area contributed by atoms with E-state index in [1.807, 2.05) is 0 Å². The van der Waals surface area contributed by atoms with Gasteiger partial charge in [0.05, 0.1) is 5.54 Å². The summed E-state index contributed by atoms with van der Waals surface area (Å²) in [5, 5.41) is 0. The summed E-state index contributed by atoms with van der Waals surface area (Å²) in [6.07, 6.45) is 3.36. The number of carbonyl (C=O) groups excluding carboxylic acids is 1. The molecule has 0 aromatic heterocycles. The second-order valence-electron chi connectivity index (χ2n) is 4.83.